The quantitative estimate of drug-likeness (QED) is 0.776. The molecule has 0 aliphatic rings. The first-order valence-corrected chi connectivity index (χ1v) is 7.05. The van der Waals surface area contributed by atoms with Crippen LogP contribution in [0, 0.1) is 13.8 Å². The molecule has 0 radical (unpaired) electrons. The first-order valence-electron chi connectivity index (χ1n) is 7.05. The first-order chi connectivity index (χ1) is 10.2. The highest BCUT2D eigenvalue weighted by Crippen LogP contribution is 2.24. The van der Waals surface area contributed by atoms with Crippen molar-refractivity contribution in [2.75, 3.05) is 0 Å². The molecule has 1 N–H and O–H groups in total. The van der Waals surface area contributed by atoms with Gasteiger partial charge in [0.25, 0.3) is 0 Å². The van der Waals surface area contributed by atoms with Gasteiger partial charge in [0.15, 0.2) is 11.2 Å². The Hall–Kier alpha value is -2.21. The molecule has 0 fully saturated rings. The van der Waals surface area contributed by atoms with Gasteiger partial charge in [-0.15, -0.1) is 0 Å². The largest absolute Gasteiger partial charge is 0.438 e. The standard InChI is InChI=1S/C15H18N4O2/c1-4-11(14-9(2)19-21-10(14)3)17-8-13-18-15-12(20-13)6-5-7-16-15/h5-7,11,17H,4,8H2,1-3H3/t11-/m1/s1. The number of aryl methyl sites for hydroxylation is 2. The molecule has 0 saturated heterocycles. The van der Waals surface area contributed by atoms with Crippen molar-refractivity contribution in [2.45, 2.75) is 39.8 Å². The highest BCUT2D eigenvalue weighted by Gasteiger charge is 2.19. The highest BCUT2D eigenvalue weighted by atomic mass is 16.5. The zero-order valence-electron chi connectivity index (χ0n) is 12.4. The number of oxazole rings is 1. The van der Waals surface area contributed by atoms with Crippen molar-refractivity contribution >= 4 is 11.2 Å². The smallest absolute Gasteiger partial charge is 0.211 e. The summed E-state index contributed by atoms with van der Waals surface area (Å²) < 4.78 is 10.9. The fraction of sp³-hybridized carbons (Fsp3) is 0.400. The monoisotopic (exact) mass is 286 g/mol. The lowest BCUT2D eigenvalue weighted by atomic mass is 10.0. The lowest BCUT2D eigenvalue weighted by Gasteiger charge is -2.15. The summed E-state index contributed by atoms with van der Waals surface area (Å²) in [4.78, 5) is 8.54. The molecule has 0 aromatic carbocycles. The van der Waals surface area contributed by atoms with Crippen molar-refractivity contribution in [3.63, 3.8) is 0 Å². The Morgan fingerprint density at radius 2 is 2.19 bits per heavy atom. The summed E-state index contributed by atoms with van der Waals surface area (Å²) in [5.74, 6) is 1.49. The maximum atomic E-state index is 5.67. The molecule has 3 heterocycles. The number of rotatable bonds is 5. The van der Waals surface area contributed by atoms with Gasteiger partial charge in [0.05, 0.1) is 12.2 Å². The summed E-state index contributed by atoms with van der Waals surface area (Å²) in [6, 6.07) is 3.87. The van der Waals surface area contributed by atoms with Crippen LogP contribution in [-0.2, 0) is 6.54 Å². The molecule has 3 aromatic heterocycles. The van der Waals surface area contributed by atoms with E-state index in [0.29, 0.717) is 23.7 Å². The Kier molecular flexibility index (Phi) is 3.70. The fourth-order valence-electron chi connectivity index (χ4n) is 2.54. The van der Waals surface area contributed by atoms with Gasteiger partial charge < -0.3 is 14.3 Å². The lowest BCUT2D eigenvalue weighted by molar-refractivity contribution is 0.388. The zero-order chi connectivity index (χ0) is 14.8. The number of hydrogen-bond acceptors (Lipinski definition) is 6. The summed E-state index contributed by atoms with van der Waals surface area (Å²) in [6.07, 6.45) is 2.64. The second-order valence-corrected chi connectivity index (χ2v) is 5.01. The van der Waals surface area contributed by atoms with Gasteiger partial charge in [-0.05, 0) is 32.4 Å². The predicted molar refractivity (Wildman–Crippen MR) is 77.7 cm³/mol. The molecule has 21 heavy (non-hydrogen) atoms. The molecule has 6 heteroatoms. The van der Waals surface area contributed by atoms with Gasteiger partial charge in [-0.2, -0.15) is 4.98 Å². The van der Waals surface area contributed by atoms with Gasteiger partial charge in [0.1, 0.15) is 5.76 Å². The number of nitrogens with one attached hydrogen (secondary N) is 1. The van der Waals surface area contributed by atoms with E-state index >= 15 is 0 Å². The van der Waals surface area contributed by atoms with Crippen molar-refractivity contribution in [1.82, 2.24) is 20.4 Å². The van der Waals surface area contributed by atoms with Crippen LogP contribution >= 0.6 is 0 Å². The van der Waals surface area contributed by atoms with Crippen molar-refractivity contribution in [1.29, 1.82) is 0 Å². The highest BCUT2D eigenvalue weighted by molar-refractivity contribution is 5.66. The van der Waals surface area contributed by atoms with Gasteiger partial charge in [-0.3, -0.25) is 0 Å². The van der Waals surface area contributed by atoms with E-state index in [9.17, 15) is 0 Å². The summed E-state index contributed by atoms with van der Waals surface area (Å²) in [7, 11) is 0. The number of aromatic nitrogens is 3. The molecule has 0 aliphatic carbocycles. The maximum absolute atomic E-state index is 5.67. The van der Waals surface area contributed by atoms with E-state index in [1.807, 2.05) is 26.0 Å². The van der Waals surface area contributed by atoms with Gasteiger partial charge in [0.2, 0.25) is 5.89 Å². The molecule has 3 aromatic rings. The van der Waals surface area contributed by atoms with Crippen LogP contribution in [-0.4, -0.2) is 15.1 Å². The van der Waals surface area contributed by atoms with Crippen molar-refractivity contribution in [3.05, 3.63) is 41.2 Å². The number of pyridine rings is 1. The third-order valence-electron chi connectivity index (χ3n) is 3.55. The van der Waals surface area contributed by atoms with E-state index in [4.69, 9.17) is 8.94 Å². The molecule has 0 unspecified atom stereocenters. The van der Waals surface area contributed by atoms with E-state index in [1.165, 1.54) is 0 Å². The number of hydrogen-bond donors (Lipinski definition) is 1. The normalized spacial score (nSPS) is 12.9. The van der Waals surface area contributed by atoms with E-state index in [2.05, 4.69) is 27.4 Å². The van der Waals surface area contributed by atoms with Crippen molar-refractivity contribution in [2.24, 2.45) is 0 Å². The van der Waals surface area contributed by atoms with Crippen LogP contribution in [0.1, 0.15) is 42.3 Å². The molecule has 3 rings (SSSR count). The number of nitrogens with zero attached hydrogens (tertiary/aromatic N) is 3. The van der Waals surface area contributed by atoms with E-state index in [0.717, 1.165) is 23.4 Å². The molecule has 110 valence electrons. The van der Waals surface area contributed by atoms with Crippen LogP contribution in [0.25, 0.3) is 11.2 Å². The Balaban J connectivity index is 1.76. The summed E-state index contributed by atoms with van der Waals surface area (Å²) in [5.41, 5.74) is 3.39. The topological polar surface area (TPSA) is 77.0 Å². The third-order valence-corrected chi connectivity index (χ3v) is 3.55. The molecule has 0 amide bonds. The van der Waals surface area contributed by atoms with Gasteiger partial charge in [-0.25, -0.2) is 4.98 Å². The minimum atomic E-state index is 0.166. The molecule has 6 nitrogen and oxygen atoms in total. The molecule has 0 bridgehead atoms. The minimum Gasteiger partial charge on any atom is -0.438 e. The second kappa shape index (κ2) is 5.65. The fourth-order valence-corrected chi connectivity index (χ4v) is 2.54. The van der Waals surface area contributed by atoms with E-state index < -0.39 is 0 Å². The van der Waals surface area contributed by atoms with Crippen LogP contribution < -0.4 is 5.32 Å². The van der Waals surface area contributed by atoms with Crippen molar-refractivity contribution < 1.29 is 8.94 Å². The zero-order valence-corrected chi connectivity index (χ0v) is 12.4. The van der Waals surface area contributed by atoms with E-state index in [-0.39, 0.29) is 6.04 Å². The Labute approximate surface area is 122 Å². The molecular weight excluding hydrogens is 268 g/mol. The molecule has 0 spiro atoms. The minimum absolute atomic E-state index is 0.166. The van der Waals surface area contributed by atoms with Crippen molar-refractivity contribution in [3.8, 4) is 0 Å². The average molecular weight is 286 g/mol. The first kappa shape index (κ1) is 13.8. The molecule has 0 saturated carbocycles. The number of fused-ring (bicyclic) bond motifs is 1. The summed E-state index contributed by atoms with van der Waals surface area (Å²) in [6.45, 7) is 6.55. The van der Waals surface area contributed by atoms with Gasteiger partial charge in [-0.1, -0.05) is 12.1 Å². The Morgan fingerprint density at radius 1 is 1.33 bits per heavy atom. The maximum Gasteiger partial charge on any atom is 0.211 e. The van der Waals surface area contributed by atoms with Crippen LogP contribution in [0.5, 0.6) is 0 Å². The van der Waals surface area contributed by atoms with Crippen LogP contribution in [0.2, 0.25) is 0 Å². The lowest BCUT2D eigenvalue weighted by Crippen LogP contribution is -2.21. The average Bonchev–Trinajstić information content (AvgIpc) is 3.04. The van der Waals surface area contributed by atoms with E-state index in [1.54, 1.807) is 6.20 Å². The second-order valence-electron chi connectivity index (χ2n) is 5.01. The summed E-state index contributed by atoms with van der Waals surface area (Å²) in [5, 5.41) is 7.46. The Morgan fingerprint density at radius 3 is 2.86 bits per heavy atom. The molecular formula is C15H18N4O2. The third kappa shape index (κ3) is 2.67. The van der Waals surface area contributed by atoms with Gasteiger partial charge in [0, 0.05) is 17.8 Å². The Bertz CT molecular complexity index is 695. The van der Waals surface area contributed by atoms with Crippen LogP contribution in [0.15, 0.2) is 27.3 Å². The molecule has 1 atom stereocenters. The van der Waals surface area contributed by atoms with Crippen LogP contribution in [0.4, 0.5) is 0 Å². The predicted octanol–water partition coefficient (Wildman–Crippen LogP) is 3.07. The summed E-state index contributed by atoms with van der Waals surface area (Å²) >= 11 is 0. The SMILES string of the molecule is CC[C@@H](NCc1nc2ncccc2o1)c1c(C)noc1C. The molecule has 0 aliphatic heterocycles. The van der Waals surface area contributed by atoms with Gasteiger partial charge >= 0.3 is 0 Å². The van der Waals surface area contributed by atoms with Crippen LogP contribution in [0.3, 0.4) is 0 Å².